The molecule has 1 heterocycles. The second-order valence-corrected chi connectivity index (χ2v) is 4.91. The first-order valence-corrected chi connectivity index (χ1v) is 6.21. The molecule has 18 heavy (non-hydrogen) atoms. The van der Waals surface area contributed by atoms with Crippen LogP contribution >= 0.6 is 0 Å². The van der Waals surface area contributed by atoms with Crippen molar-refractivity contribution in [1.29, 1.82) is 0 Å². The van der Waals surface area contributed by atoms with E-state index in [2.05, 4.69) is 10.2 Å². The standard InChI is InChI=1S/C12H19N3O3/c1-14-4-6-15(7-5-14)12(18)13-10-3-2-9(8-10)11(16)17/h2-3,9-10H,4-8H2,1H3,(H,13,18)(H,16,17). The molecule has 1 fully saturated rings. The van der Waals surface area contributed by atoms with Gasteiger partial charge in [-0.3, -0.25) is 4.79 Å². The molecule has 0 aromatic rings. The molecule has 1 saturated heterocycles. The minimum atomic E-state index is -0.831. The number of carbonyl (C=O) groups excluding carboxylic acids is 1. The Bertz CT molecular complexity index is 362. The van der Waals surface area contributed by atoms with Crippen LogP contribution in [0.5, 0.6) is 0 Å². The molecule has 6 nitrogen and oxygen atoms in total. The molecule has 0 aromatic heterocycles. The van der Waals surface area contributed by atoms with Crippen molar-refractivity contribution in [1.82, 2.24) is 15.1 Å². The van der Waals surface area contributed by atoms with Gasteiger partial charge >= 0.3 is 12.0 Å². The number of nitrogens with one attached hydrogen (secondary N) is 1. The zero-order valence-electron chi connectivity index (χ0n) is 10.5. The molecular weight excluding hydrogens is 234 g/mol. The van der Waals surface area contributed by atoms with Gasteiger partial charge in [-0.1, -0.05) is 12.2 Å². The maximum atomic E-state index is 12.0. The zero-order chi connectivity index (χ0) is 13.1. The fourth-order valence-corrected chi connectivity index (χ4v) is 2.25. The Labute approximate surface area is 106 Å². The second kappa shape index (κ2) is 5.39. The van der Waals surface area contributed by atoms with Crippen LogP contribution in [0.25, 0.3) is 0 Å². The van der Waals surface area contributed by atoms with E-state index < -0.39 is 11.9 Å². The summed E-state index contributed by atoms with van der Waals surface area (Å²) in [5.74, 6) is -1.30. The van der Waals surface area contributed by atoms with E-state index in [0.29, 0.717) is 6.42 Å². The fourth-order valence-electron chi connectivity index (χ4n) is 2.25. The summed E-state index contributed by atoms with van der Waals surface area (Å²) in [4.78, 5) is 26.7. The number of hydrogen-bond acceptors (Lipinski definition) is 3. The summed E-state index contributed by atoms with van der Waals surface area (Å²) in [5.41, 5.74) is 0. The Morgan fingerprint density at radius 3 is 2.44 bits per heavy atom. The van der Waals surface area contributed by atoms with Crippen molar-refractivity contribution in [2.45, 2.75) is 12.5 Å². The Morgan fingerprint density at radius 2 is 1.89 bits per heavy atom. The Kier molecular flexibility index (Phi) is 3.86. The topological polar surface area (TPSA) is 72.9 Å². The molecule has 6 heteroatoms. The quantitative estimate of drug-likeness (QED) is 0.678. The Morgan fingerprint density at radius 1 is 1.22 bits per heavy atom. The van der Waals surface area contributed by atoms with E-state index in [0.717, 1.165) is 26.2 Å². The number of carboxylic acid groups (broad SMARTS) is 1. The van der Waals surface area contributed by atoms with Gasteiger partial charge in [-0.05, 0) is 13.5 Å². The van der Waals surface area contributed by atoms with Gasteiger partial charge in [0.05, 0.1) is 12.0 Å². The van der Waals surface area contributed by atoms with Crippen LogP contribution in [0.15, 0.2) is 12.2 Å². The largest absolute Gasteiger partial charge is 0.481 e. The number of hydrogen-bond donors (Lipinski definition) is 2. The average Bonchev–Trinajstić information content (AvgIpc) is 2.78. The van der Waals surface area contributed by atoms with Crippen LogP contribution in [-0.2, 0) is 4.79 Å². The van der Waals surface area contributed by atoms with Crippen molar-refractivity contribution in [3.63, 3.8) is 0 Å². The lowest BCUT2D eigenvalue weighted by atomic mass is 10.1. The number of amides is 2. The number of nitrogens with zero attached hydrogens (tertiary/aromatic N) is 2. The van der Waals surface area contributed by atoms with Gasteiger partial charge in [-0.25, -0.2) is 4.79 Å². The van der Waals surface area contributed by atoms with Crippen molar-refractivity contribution in [3.05, 3.63) is 12.2 Å². The molecule has 100 valence electrons. The summed E-state index contributed by atoms with van der Waals surface area (Å²) in [6.07, 6.45) is 3.87. The highest BCUT2D eigenvalue weighted by Crippen LogP contribution is 2.18. The molecule has 2 atom stereocenters. The molecule has 2 N–H and O–H groups in total. The molecule has 0 spiro atoms. The van der Waals surface area contributed by atoms with Gasteiger partial charge in [0.15, 0.2) is 0 Å². The van der Waals surface area contributed by atoms with Crippen molar-refractivity contribution in [2.75, 3.05) is 33.2 Å². The third kappa shape index (κ3) is 3.01. The number of carboxylic acids is 1. The van der Waals surface area contributed by atoms with E-state index >= 15 is 0 Å². The van der Waals surface area contributed by atoms with Gasteiger partial charge in [0.1, 0.15) is 0 Å². The van der Waals surface area contributed by atoms with Gasteiger partial charge in [0.2, 0.25) is 0 Å². The highest BCUT2D eigenvalue weighted by Gasteiger charge is 2.27. The Balaban J connectivity index is 1.79. The minimum absolute atomic E-state index is 0.0937. The van der Waals surface area contributed by atoms with E-state index in [9.17, 15) is 9.59 Å². The van der Waals surface area contributed by atoms with Crippen molar-refractivity contribution < 1.29 is 14.7 Å². The minimum Gasteiger partial charge on any atom is -0.481 e. The van der Waals surface area contributed by atoms with E-state index in [1.807, 2.05) is 7.05 Å². The molecular formula is C12H19N3O3. The molecule has 0 aromatic carbocycles. The molecule has 0 saturated carbocycles. The van der Waals surface area contributed by atoms with Crippen LogP contribution in [0.4, 0.5) is 4.79 Å². The molecule has 2 unspecified atom stereocenters. The van der Waals surface area contributed by atoms with Crippen LogP contribution in [0.3, 0.4) is 0 Å². The zero-order valence-corrected chi connectivity index (χ0v) is 10.5. The summed E-state index contributed by atoms with van der Waals surface area (Å²) in [6, 6.07) is -0.248. The lowest BCUT2D eigenvalue weighted by Crippen LogP contribution is -2.52. The van der Waals surface area contributed by atoms with Crippen LogP contribution < -0.4 is 5.32 Å². The molecule has 0 radical (unpaired) electrons. The lowest BCUT2D eigenvalue weighted by Gasteiger charge is -2.33. The summed E-state index contributed by atoms with van der Waals surface area (Å²) < 4.78 is 0. The summed E-state index contributed by atoms with van der Waals surface area (Å²) >= 11 is 0. The monoisotopic (exact) mass is 253 g/mol. The third-order valence-electron chi connectivity index (χ3n) is 3.50. The molecule has 1 aliphatic heterocycles. The van der Waals surface area contributed by atoms with E-state index in [1.54, 1.807) is 17.1 Å². The summed E-state index contributed by atoms with van der Waals surface area (Å²) in [6.45, 7) is 3.21. The van der Waals surface area contributed by atoms with Crippen LogP contribution in [0, 0.1) is 5.92 Å². The molecule has 2 rings (SSSR count). The first kappa shape index (κ1) is 12.9. The maximum Gasteiger partial charge on any atom is 0.317 e. The van der Waals surface area contributed by atoms with Gasteiger partial charge in [0.25, 0.3) is 0 Å². The highest BCUT2D eigenvalue weighted by molar-refractivity contribution is 5.76. The van der Waals surface area contributed by atoms with Gasteiger partial charge in [-0.2, -0.15) is 0 Å². The van der Waals surface area contributed by atoms with Crippen LogP contribution in [0.2, 0.25) is 0 Å². The van der Waals surface area contributed by atoms with Crippen molar-refractivity contribution in [3.8, 4) is 0 Å². The summed E-state index contributed by atoms with van der Waals surface area (Å²) in [5, 5.41) is 11.7. The first-order valence-electron chi connectivity index (χ1n) is 6.21. The van der Waals surface area contributed by atoms with Crippen LogP contribution in [-0.4, -0.2) is 66.2 Å². The number of aliphatic carboxylic acids is 1. The highest BCUT2D eigenvalue weighted by atomic mass is 16.4. The van der Waals surface area contributed by atoms with Gasteiger partial charge < -0.3 is 20.2 Å². The van der Waals surface area contributed by atoms with Gasteiger partial charge in [-0.15, -0.1) is 0 Å². The maximum absolute atomic E-state index is 12.0. The SMILES string of the molecule is CN1CCN(C(=O)NC2C=CC(C(=O)O)C2)CC1. The predicted octanol–water partition coefficient (Wildman–Crippen LogP) is -0.0273. The fraction of sp³-hybridized carbons (Fsp3) is 0.667. The smallest absolute Gasteiger partial charge is 0.317 e. The second-order valence-electron chi connectivity index (χ2n) is 4.91. The number of likely N-dealkylation sites (N-methyl/N-ethyl adjacent to an activating group) is 1. The lowest BCUT2D eigenvalue weighted by molar-refractivity contribution is -0.140. The van der Waals surface area contributed by atoms with Gasteiger partial charge in [0, 0.05) is 26.2 Å². The normalized spacial score (nSPS) is 28.4. The summed E-state index contributed by atoms with van der Waals surface area (Å²) in [7, 11) is 2.03. The number of urea groups is 1. The van der Waals surface area contributed by atoms with Crippen molar-refractivity contribution in [2.24, 2.45) is 5.92 Å². The number of rotatable bonds is 2. The van der Waals surface area contributed by atoms with E-state index in [-0.39, 0.29) is 12.1 Å². The average molecular weight is 253 g/mol. The predicted molar refractivity (Wildman–Crippen MR) is 66.3 cm³/mol. The molecule has 0 bridgehead atoms. The van der Waals surface area contributed by atoms with Crippen LogP contribution in [0.1, 0.15) is 6.42 Å². The molecule has 1 aliphatic carbocycles. The number of carbonyl (C=O) groups is 2. The molecule has 2 aliphatic rings. The molecule has 2 amide bonds. The Hall–Kier alpha value is -1.56. The number of piperazine rings is 1. The van der Waals surface area contributed by atoms with Crippen molar-refractivity contribution >= 4 is 12.0 Å². The third-order valence-corrected chi connectivity index (χ3v) is 3.50. The van der Waals surface area contributed by atoms with E-state index in [4.69, 9.17) is 5.11 Å². The first-order chi connectivity index (χ1) is 8.56. The van der Waals surface area contributed by atoms with E-state index in [1.165, 1.54) is 0 Å².